The molecule has 2 N–H and O–H groups in total. The SMILES string of the molecule is CC/C=C/CCCn1c(Br)nc2c(N)nc(SCCc3ccccc3)nc21. The molecule has 0 aliphatic carbocycles. The minimum absolute atomic E-state index is 0.438. The molecule has 5 nitrogen and oxygen atoms in total. The third kappa shape index (κ3) is 5.32. The van der Waals surface area contributed by atoms with Crippen molar-refractivity contribution in [1.29, 1.82) is 0 Å². The van der Waals surface area contributed by atoms with Crippen molar-refractivity contribution in [2.45, 2.75) is 44.3 Å². The molecule has 3 rings (SSSR count). The molecule has 0 unspecified atom stereocenters. The summed E-state index contributed by atoms with van der Waals surface area (Å²) in [6.07, 6.45) is 8.54. The predicted octanol–water partition coefficient (Wildman–Crippen LogP) is 5.25. The Kier molecular flexibility index (Phi) is 7.29. The smallest absolute Gasteiger partial charge is 0.191 e. The number of unbranched alkanes of at least 4 members (excludes halogenated alkanes) is 1. The summed E-state index contributed by atoms with van der Waals surface area (Å²) in [6, 6.07) is 10.4. The van der Waals surface area contributed by atoms with Crippen LogP contribution in [0.3, 0.4) is 0 Å². The Balaban J connectivity index is 1.71. The van der Waals surface area contributed by atoms with Gasteiger partial charge in [-0.3, -0.25) is 0 Å². The summed E-state index contributed by atoms with van der Waals surface area (Å²) in [5, 5.41) is 0.704. The maximum Gasteiger partial charge on any atom is 0.191 e. The number of nitrogens with zero attached hydrogens (tertiary/aromatic N) is 4. The van der Waals surface area contributed by atoms with Gasteiger partial charge >= 0.3 is 0 Å². The summed E-state index contributed by atoms with van der Waals surface area (Å²) in [5.74, 6) is 1.35. The van der Waals surface area contributed by atoms with Gasteiger partial charge in [0, 0.05) is 12.3 Å². The van der Waals surface area contributed by atoms with Gasteiger partial charge in [-0.05, 0) is 47.2 Å². The monoisotopic (exact) mass is 445 g/mol. The van der Waals surface area contributed by atoms with Crippen molar-refractivity contribution >= 4 is 44.7 Å². The zero-order valence-corrected chi connectivity index (χ0v) is 17.8. The highest BCUT2D eigenvalue weighted by Crippen LogP contribution is 2.26. The summed E-state index contributed by atoms with van der Waals surface area (Å²) < 4.78 is 2.83. The molecule has 0 atom stereocenters. The van der Waals surface area contributed by atoms with Crippen LogP contribution in [0.25, 0.3) is 11.2 Å². The first-order valence-corrected chi connectivity index (χ1v) is 11.0. The maximum absolute atomic E-state index is 6.14. The normalized spacial score (nSPS) is 11.6. The molecule has 27 heavy (non-hydrogen) atoms. The lowest BCUT2D eigenvalue weighted by atomic mass is 10.2. The molecule has 0 saturated heterocycles. The van der Waals surface area contributed by atoms with Crippen LogP contribution in [-0.4, -0.2) is 25.3 Å². The first-order chi connectivity index (χ1) is 13.2. The number of aromatic nitrogens is 4. The molecule has 0 bridgehead atoms. The van der Waals surface area contributed by atoms with E-state index in [2.05, 4.69) is 73.8 Å². The third-order valence-electron chi connectivity index (χ3n) is 4.17. The fourth-order valence-corrected chi connectivity index (χ4v) is 4.15. The largest absolute Gasteiger partial charge is 0.382 e. The number of allylic oxidation sites excluding steroid dienone is 2. The predicted molar refractivity (Wildman–Crippen MR) is 117 cm³/mol. The van der Waals surface area contributed by atoms with Crippen LogP contribution in [0.5, 0.6) is 0 Å². The first kappa shape index (κ1) is 19.9. The second-order valence-electron chi connectivity index (χ2n) is 6.20. The van der Waals surface area contributed by atoms with Gasteiger partial charge in [0.15, 0.2) is 26.9 Å². The third-order valence-corrected chi connectivity index (χ3v) is 5.63. The van der Waals surface area contributed by atoms with Crippen molar-refractivity contribution in [1.82, 2.24) is 19.5 Å². The number of imidazole rings is 1. The second kappa shape index (κ2) is 9.90. The number of rotatable bonds is 9. The van der Waals surface area contributed by atoms with E-state index in [-0.39, 0.29) is 0 Å². The molecule has 0 aliphatic heterocycles. The Labute approximate surface area is 172 Å². The van der Waals surface area contributed by atoms with E-state index in [1.54, 1.807) is 11.8 Å². The van der Waals surface area contributed by atoms with Gasteiger partial charge in [0.05, 0.1) is 0 Å². The Morgan fingerprint density at radius 2 is 1.96 bits per heavy atom. The van der Waals surface area contributed by atoms with Crippen LogP contribution in [-0.2, 0) is 13.0 Å². The molecule has 0 fully saturated rings. The first-order valence-electron chi connectivity index (χ1n) is 9.20. The summed E-state index contributed by atoms with van der Waals surface area (Å²) in [7, 11) is 0. The van der Waals surface area contributed by atoms with E-state index >= 15 is 0 Å². The molecule has 0 radical (unpaired) electrons. The van der Waals surface area contributed by atoms with E-state index in [0.29, 0.717) is 16.5 Å². The van der Waals surface area contributed by atoms with Crippen LogP contribution in [0.4, 0.5) is 5.82 Å². The number of anilines is 1. The van der Waals surface area contributed by atoms with Gasteiger partial charge < -0.3 is 10.3 Å². The van der Waals surface area contributed by atoms with Crippen LogP contribution < -0.4 is 5.73 Å². The number of thioether (sulfide) groups is 1. The van der Waals surface area contributed by atoms with E-state index in [4.69, 9.17) is 10.7 Å². The molecule has 7 heteroatoms. The lowest BCUT2D eigenvalue weighted by Crippen LogP contribution is -2.03. The van der Waals surface area contributed by atoms with Gasteiger partial charge in [-0.15, -0.1) is 0 Å². The zero-order valence-electron chi connectivity index (χ0n) is 15.4. The molecule has 0 spiro atoms. The Bertz CT molecular complexity index is 908. The summed E-state index contributed by atoms with van der Waals surface area (Å²) in [6.45, 7) is 2.99. The highest BCUT2D eigenvalue weighted by atomic mass is 79.9. The van der Waals surface area contributed by atoms with Gasteiger partial charge in [0.1, 0.15) is 0 Å². The molecule has 0 amide bonds. The molecule has 2 aromatic heterocycles. The molecule has 0 aliphatic rings. The number of benzene rings is 1. The summed E-state index contributed by atoms with van der Waals surface area (Å²) in [4.78, 5) is 13.7. The minimum atomic E-state index is 0.438. The Hall–Kier alpha value is -1.86. The fourth-order valence-electron chi connectivity index (χ4n) is 2.79. The lowest BCUT2D eigenvalue weighted by Gasteiger charge is -2.06. The molecule has 0 saturated carbocycles. The molecular weight excluding hydrogens is 422 g/mol. The number of fused-ring (bicyclic) bond motifs is 1. The van der Waals surface area contributed by atoms with Crippen molar-refractivity contribution in [2.24, 2.45) is 0 Å². The number of aryl methyl sites for hydroxylation is 2. The van der Waals surface area contributed by atoms with Gasteiger partial charge in [0.25, 0.3) is 0 Å². The standard InChI is InChI=1S/C20H24BrN5S/c1-2-3-4-5-9-13-26-18-16(23-19(26)21)17(22)24-20(25-18)27-14-12-15-10-7-6-8-11-15/h3-4,6-8,10-11H,2,5,9,12-14H2,1H3,(H2,22,24,25)/b4-3+. The van der Waals surface area contributed by atoms with Gasteiger partial charge in [-0.2, -0.15) is 0 Å². The number of hydrogen-bond acceptors (Lipinski definition) is 5. The summed E-state index contributed by atoms with van der Waals surface area (Å²) in [5.41, 5.74) is 8.92. The van der Waals surface area contributed by atoms with Crippen LogP contribution in [0, 0.1) is 0 Å². The highest BCUT2D eigenvalue weighted by Gasteiger charge is 2.15. The van der Waals surface area contributed by atoms with Crippen LogP contribution in [0.15, 0.2) is 52.4 Å². The van der Waals surface area contributed by atoms with E-state index in [0.717, 1.165) is 48.4 Å². The molecule has 142 valence electrons. The van der Waals surface area contributed by atoms with Gasteiger partial charge in [-0.1, -0.05) is 61.2 Å². The average Bonchev–Trinajstić information content (AvgIpc) is 2.99. The van der Waals surface area contributed by atoms with E-state index < -0.39 is 0 Å². The number of nitrogen functional groups attached to an aromatic ring is 1. The van der Waals surface area contributed by atoms with E-state index in [1.807, 2.05) is 6.07 Å². The van der Waals surface area contributed by atoms with Crippen molar-refractivity contribution in [3.05, 3.63) is 52.8 Å². The van der Waals surface area contributed by atoms with Crippen LogP contribution >= 0.6 is 27.7 Å². The second-order valence-corrected chi connectivity index (χ2v) is 7.97. The van der Waals surface area contributed by atoms with Crippen molar-refractivity contribution in [2.75, 3.05) is 11.5 Å². The van der Waals surface area contributed by atoms with Crippen LogP contribution in [0.2, 0.25) is 0 Å². The molecular formula is C20H24BrN5S. The van der Waals surface area contributed by atoms with E-state index in [9.17, 15) is 0 Å². The minimum Gasteiger partial charge on any atom is -0.382 e. The fraction of sp³-hybridized carbons (Fsp3) is 0.350. The topological polar surface area (TPSA) is 69.6 Å². The molecule has 3 aromatic rings. The highest BCUT2D eigenvalue weighted by molar-refractivity contribution is 9.10. The number of nitrogens with two attached hydrogens (primary N) is 1. The lowest BCUT2D eigenvalue weighted by molar-refractivity contribution is 0.646. The maximum atomic E-state index is 6.14. The van der Waals surface area contributed by atoms with Crippen molar-refractivity contribution in [3.8, 4) is 0 Å². The van der Waals surface area contributed by atoms with E-state index in [1.165, 1.54) is 5.56 Å². The van der Waals surface area contributed by atoms with Crippen LogP contribution in [0.1, 0.15) is 31.7 Å². The average molecular weight is 446 g/mol. The zero-order chi connectivity index (χ0) is 19.1. The summed E-state index contributed by atoms with van der Waals surface area (Å²) >= 11 is 5.17. The Morgan fingerprint density at radius 1 is 1.15 bits per heavy atom. The quantitative estimate of drug-likeness (QED) is 0.160. The van der Waals surface area contributed by atoms with Crippen molar-refractivity contribution < 1.29 is 0 Å². The molecule has 1 aromatic carbocycles. The van der Waals surface area contributed by atoms with Gasteiger partial charge in [0.2, 0.25) is 0 Å². The van der Waals surface area contributed by atoms with Crippen molar-refractivity contribution in [3.63, 3.8) is 0 Å². The Morgan fingerprint density at radius 3 is 2.74 bits per heavy atom. The van der Waals surface area contributed by atoms with Gasteiger partial charge in [-0.25, -0.2) is 15.0 Å². The number of hydrogen-bond donors (Lipinski definition) is 1. The molecule has 2 heterocycles. The number of halogens is 1.